The van der Waals surface area contributed by atoms with Crippen LogP contribution < -0.4 is 0 Å². The van der Waals surface area contributed by atoms with Gasteiger partial charge >= 0.3 is 0 Å². The van der Waals surface area contributed by atoms with E-state index in [0.29, 0.717) is 79.3 Å². The van der Waals surface area contributed by atoms with E-state index in [1.165, 1.54) is 12.8 Å². The molecule has 1 rings (SSSR count). The Morgan fingerprint density at radius 3 is 0.640 bits per heavy atom. The Bertz CT molecular complexity index is 137. The molecule has 1 aliphatic heterocycles. The minimum Gasteiger partial charge on any atom is -0.379 e. The summed E-state index contributed by atoms with van der Waals surface area (Å²) in [7, 11) is 0. The summed E-state index contributed by atoms with van der Waals surface area (Å²) in [5.41, 5.74) is 0. The maximum Gasteiger partial charge on any atom is 0.0701 e. The number of ether oxygens (including phenoxy) is 7. The van der Waals surface area contributed by atoms with Gasteiger partial charge in [0, 0.05) is 13.2 Å². The molecule has 0 atom stereocenters. The molecule has 0 aromatic carbocycles. The fourth-order valence-electron chi connectivity index (χ4n) is 2.18. The first-order valence-corrected chi connectivity index (χ1v) is 9.54. The summed E-state index contributed by atoms with van der Waals surface area (Å²) in [6.07, 6.45) is 4.53. The Balaban J connectivity index is 2.00. The summed E-state index contributed by atoms with van der Waals surface area (Å²) in [4.78, 5) is 0. The normalized spacial score (nSPS) is 24.0. The number of hydrogen-bond donors (Lipinski definition) is 0. The molecule has 7 heteroatoms. The fourth-order valence-corrected chi connectivity index (χ4v) is 2.18. The molecular formula is C18H36O7. The van der Waals surface area contributed by atoms with Crippen LogP contribution in [0.15, 0.2) is 0 Å². The SMILES string of the molecule is C1CCCOCCOCCOCCOCCOCCOCCOCC1. The van der Waals surface area contributed by atoms with Crippen LogP contribution >= 0.6 is 0 Å². The molecule has 1 aliphatic rings. The van der Waals surface area contributed by atoms with Gasteiger partial charge < -0.3 is 33.2 Å². The summed E-state index contributed by atoms with van der Waals surface area (Å²) in [6.45, 7) is 8.75. The third-order valence-corrected chi connectivity index (χ3v) is 3.56. The Morgan fingerprint density at radius 2 is 0.400 bits per heavy atom. The molecule has 0 amide bonds. The third-order valence-electron chi connectivity index (χ3n) is 3.56. The number of rotatable bonds is 0. The smallest absolute Gasteiger partial charge is 0.0701 e. The largest absolute Gasteiger partial charge is 0.379 e. The summed E-state index contributed by atoms with van der Waals surface area (Å²) in [5, 5.41) is 0. The summed E-state index contributed by atoms with van der Waals surface area (Å²) >= 11 is 0. The first kappa shape index (κ1) is 22.8. The molecular weight excluding hydrogens is 328 g/mol. The lowest BCUT2D eigenvalue weighted by Crippen LogP contribution is -2.14. The predicted octanol–water partition coefficient (Wildman–Crippen LogP) is 1.68. The van der Waals surface area contributed by atoms with Crippen molar-refractivity contribution in [1.82, 2.24) is 0 Å². The minimum atomic E-state index is 0.570. The molecule has 0 aromatic heterocycles. The van der Waals surface area contributed by atoms with Crippen molar-refractivity contribution in [2.45, 2.75) is 25.7 Å². The van der Waals surface area contributed by atoms with Crippen molar-refractivity contribution in [3.05, 3.63) is 0 Å². The average Bonchev–Trinajstić information content (AvgIpc) is 2.62. The quantitative estimate of drug-likeness (QED) is 0.648. The van der Waals surface area contributed by atoms with Gasteiger partial charge in [0.15, 0.2) is 0 Å². The third kappa shape index (κ3) is 18.3. The molecule has 0 N–H and O–H groups in total. The van der Waals surface area contributed by atoms with Crippen molar-refractivity contribution >= 4 is 0 Å². The zero-order valence-electron chi connectivity index (χ0n) is 15.6. The van der Waals surface area contributed by atoms with Gasteiger partial charge in [-0.15, -0.1) is 0 Å². The van der Waals surface area contributed by atoms with Gasteiger partial charge in [0.1, 0.15) is 0 Å². The highest BCUT2D eigenvalue weighted by Gasteiger charge is 1.96. The van der Waals surface area contributed by atoms with Crippen LogP contribution in [0.3, 0.4) is 0 Å². The van der Waals surface area contributed by atoms with E-state index in [4.69, 9.17) is 33.2 Å². The Labute approximate surface area is 152 Å². The minimum absolute atomic E-state index is 0.570. The zero-order chi connectivity index (χ0) is 17.7. The van der Waals surface area contributed by atoms with Crippen LogP contribution in [0, 0.1) is 0 Å². The second-order valence-corrected chi connectivity index (χ2v) is 5.70. The van der Waals surface area contributed by atoms with E-state index in [2.05, 4.69) is 0 Å². The van der Waals surface area contributed by atoms with Crippen LogP contribution in [0.1, 0.15) is 25.7 Å². The Morgan fingerprint density at radius 1 is 0.200 bits per heavy atom. The molecule has 0 aliphatic carbocycles. The van der Waals surface area contributed by atoms with Gasteiger partial charge in [0.2, 0.25) is 0 Å². The summed E-state index contributed by atoms with van der Waals surface area (Å²) in [5.74, 6) is 0. The van der Waals surface area contributed by atoms with Crippen LogP contribution in [0.2, 0.25) is 0 Å². The van der Waals surface area contributed by atoms with Crippen LogP contribution in [0.5, 0.6) is 0 Å². The highest BCUT2D eigenvalue weighted by atomic mass is 16.6. The first-order chi connectivity index (χ1) is 12.5. The molecule has 0 aromatic rings. The standard InChI is InChI=1S/C18H36O7/c1-2-4-6-20-8-10-22-12-14-24-16-18-25-17-15-23-13-11-21-9-7-19-5-3-1/h1-18H2. The molecule has 1 saturated heterocycles. The van der Waals surface area contributed by atoms with Crippen LogP contribution in [-0.4, -0.2) is 92.5 Å². The fraction of sp³-hybridized carbons (Fsp3) is 1.00. The lowest BCUT2D eigenvalue weighted by atomic mass is 10.2. The van der Waals surface area contributed by atoms with E-state index >= 15 is 0 Å². The maximum atomic E-state index is 5.54. The van der Waals surface area contributed by atoms with Gasteiger partial charge in [-0.05, 0) is 12.8 Å². The second-order valence-electron chi connectivity index (χ2n) is 5.70. The Kier molecular flexibility index (Phi) is 18.2. The van der Waals surface area contributed by atoms with Gasteiger partial charge in [-0.1, -0.05) is 12.8 Å². The van der Waals surface area contributed by atoms with Crippen molar-refractivity contribution in [3.63, 3.8) is 0 Å². The summed E-state index contributed by atoms with van der Waals surface area (Å²) in [6, 6.07) is 0. The van der Waals surface area contributed by atoms with Crippen molar-refractivity contribution < 1.29 is 33.2 Å². The van der Waals surface area contributed by atoms with Gasteiger partial charge in [0.05, 0.1) is 79.3 Å². The topological polar surface area (TPSA) is 64.6 Å². The molecule has 0 saturated carbocycles. The first-order valence-electron chi connectivity index (χ1n) is 9.54. The molecule has 0 spiro atoms. The molecule has 25 heavy (non-hydrogen) atoms. The lowest BCUT2D eigenvalue weighted by Gasteiger charge is -2.08. The Hall–Kier alpha value is -0.280. The van der Waals surface area contributed by atoms with Crippen LogP contribution in [0.4, 0.5) is 0 Å². The van der Waals surface area contributed by atoms with Gasteiger partial charge in [-0.3, -0.25) is 0 Å². The molecule has 150 valence electrons. The summed E-state index contributed by atoms with van der Waals surface area (Å²) < 4.78 is 38.2. The van der Waals surface area contributed by atoms with Crippen LogP contribution in [-0.2, 0) is 33.2 Å². The van der Waals surface area contributed by atoms with E-state index in [9.17, 15) is 0 Å². The monoisotopic (exact) mass is 364 g/mol. The molecule has 0 bridgehead atoms. The lowest BCUT2D eigenvalue weighted by molar-refractivity contribution is -0.0202. The van der Waals surface area contributed by atoms with E-state index in [1.807, 2.05) is 0 Å². The van der Waals surface area contributed by atoms with Gasteiger partial charge in [-0.2, -0.15) is 0 Å². The van der Waals surface area contributed by atoms with Crippen molar-refractivity contribution in [1.29, 1.82) is 0 Å². The average molecular weight is 364 g/mol. The maximum absolute atomic E-state index is 5.54. The van der Waals surface area contributed by atoms with E-state index in [1.54, 1.807) is 0 Å². The predicted molar refractivity (Wildman–Crippen MR) is 94.2 cm³/mol. The zero-order valence-corrected chi connectivity index (χ0v) is 15.6. The van der Waals surface area contributed by atoms with Crippen molar-refractivity contribution in [2.24, 2.45) is 0 Å². The van der Waals surface area contributed by atoms with E-state index < -0.39 is 0 Å². The molecule has 1 heterocycles. The van der Waals surface area contributed by atoms with Gasteiger partial charge in [-0.25, -0.2) is 0 Å². The second kappa shape index (κ2) is 20.0. The van der Waals surface area contributed by atoms with Crippen molar-refractivity contribution in [2.75, 3.05) is 92.5 Å². The highest BCUT2D eigenvalue weighted by molar-refractivity contribution is 4.44. The molecule has 1 fully saturated rings. The molecule has 0 unspecified atom stereocenters. The molecule has 0 radical (unpaired) electrons. The van der Waals surface area contributed by atoms with Crippen LogP contribution in [0.25, 0.3) is 0 Å². The van der Waals surface area contributed by atoms with Gasteiger partial charge in [0.25, 0.3) is 0 Å². The highest BCUT2D eigenvalue weighted by Crippen LogP contribution is 2.00. The van der Waals surface area contributed by atoms with E-state index in [-0.39, 0.29) is 0 Å². The van der Waals surface area contributed by atoms with Crippen molar-refractivity contribution in [3.8, 4) is 0 Å². The van der Waals surface area contributed by atoms with E-state index in [0.717, 1.165) is 26.1 Å². The molecule has 7 nitrogen and oxygen atoms in total. The number of hydrogen-bond acceptors (Lipinski definition) is 7.